The minimum absolute atomic E-state index is 0.0387. The normalized spacial score (nSPS) is 28.2. The van der Waals surface area contributed by atoms with Crippen molar-refractivity contribution < 1.29 is 9.59 Å². The van der Waals surface area contributed by atoms with Gasteiger partial charge in [0.15, 0.2) is 0 Å². The fourth-order valence-electron chi connectivity index (χ4n) is 7.27. The van der Waals surface area contributed by atoms with Gasteiger partial charge in [-0.25, -0.2) is 4.98 Å². The predicted octanol–water partition coefficient (Wildman–Crippen LogP) is 5.14. The molecule has 4 aliphatic carbocycles. The van der Waals surface area contributed by atoms with Crippen molar-refractivity contribution in [1.29, 1.82) is 0 Å². The number of nitrogens with zero attached hydrogens (tertiary/aromatic N) is 3. The number of amides is 2. The molecule has 6 rings (SSSR count). The topological polar surface area (TPSA) is 66.7 Å². The zero-order valence-corrected chi connectivity index (χ0v) is 19.5. The van der Waals surface area contributed by atoms with Crippen LogP contribution in [0.1, 0.15) is 82.1 Å². The van der Waals surface area contributed by atoms with Gasteiger partial charge in [-0.2, -0.15) is 0 Å². The van der Waals surface area contributed by atoms with E-state index in [1.807, 2.05) is 27.5 Å². The maximum atomic E-state index is 13.1. The van der Waals surface area contributed by atoms with E-state index in [2.05, 4.69) is 24.1 Å². The van der Waals surface area contributed by atoms with Gasteiger partial charge in [0.05, 0.1) is 0 Å². The van der Waals surface area contributed by atoms with Crippen molar-refractivity contribution in [2.45, 2.75) is 71.6 Å². The van der Waals surface area contributed by atoms with Gasteiger partial charge in [-0.15, -0.1) is 0 Å². The number of carbonyl (C=O) groups is 2. The van der Waals surface area contributed by atoms with E-state index < -0.39 is 0 Å². The predicted molar refractivity (Wildman–Crippen MR) is 126 cm³/mol. The van der Waals surface area contributed by atoms with Gasteiger partial charge in [-0.05, 0) is 86.7 Å². The first-order chi connectivity index (χ1) is 15.5. The standard InChI is InChI=1S/C26H36N4O2/c1-3-8-29(9-4-2)25(32)21-17-30-22(27-21)6-5-7-23(30)28-24(31)16-26-13-18-10-19(14-26)12-20(11-18)15-26/h5-7,17-20H,3-4,8-16H2,1-2H3,(H,28,31). The third-order valence-corrected chi connectivity index (χ3v) is 7.95. The molecule has 0 atom stereocenters. The van der Waals surface area contributed by atoms with E-state index in [0.717, 1.165) is 43.7 Å². The van der Waals surface area contributed by atoms with E-state index >= 15 is 0 Å². The number of hydrogen-bond acceptors (Lipinski definition) is 3. The Morgan fingerprint density at radius 2 is 1.69 bits per heavy atom. The summed E-state index contributed by atoms with van der Waals surface area (Å²) >= 11 is 0. The van der Waals surface area contributed by atoms with E-state index in [1.54, 1.807) is 6.20 Å². The van der Waals surface area contributed by atoms with Crippen LogP contribution in [0.4, 0.5) is 5.82 Å². The van der Waals surface area contributed by atoms with Crippen molar-refractivity contribution >= 4 is 23.3 Å². The second-order valence-corrected chi connectivity index (χ2v) is 10.7. The molecule has 32 heavy (non-hydrogen) atoms. The van der Waals surface area contributed by atoms with Crippen molar-refractivity contribution in [2.75, 3.05) is 18.4 Å². The molecule has 1 N–H and O–H groups in total. The quantitative estimate of drug-likeness (QED) is 0.623. The lowest BCUT2D eigenvalue weighted by Crippen LogP contribution is -2.47. The monoisotopic (exact) mass is 436 g/mol. The molecule has 4 bridgehead atoms. The SMILES string of the molecule is CCCN(CCC)C(=O)c1cn2c(NC(=O)CC34CC5CC(CC(C5)C3)C4)cccc2n1. The lowest BCUT2D eigenvalue weighted by molar-refractivity contribution is -0.124. The molecule has 0 saturated heterocycles. The van der Waals surface area contributed by atoms with Gasteiger partial charge in [-0.3, -0.25) is 14.0 Å². The van der Waals surface area contributed by atoms with E-state index in [0.29, 0.717) is 23.6 Å². The summed E-state index contributed by atoms with van der Waals surface area (Å²) in [5.74, 6) is 3.28. The highest BCUT2D eigenvalue weighted by atomic mass is 16.2. The molecule has 2 aromatic rings. The molecule has 0 spiro atoms. The molecule has 0 unspecified atom stereocenters. The van der Waals surface area contributed by atoms with E-state index in [1.165, 1.54) is 38.5 Å². The van der Waals surface area contributed by atoms with Crippen LogP contribution >= 0.6 is 0 Å². The highest BCUT2D eigenvalue weighted by molar-refractivity contribution is 5.94. The Morgan fingerprint density at radius 3 is 2.28 bits per heavy atom. The Labute approximate surface area is 190 Å². The zero-order chi connectivity index (χ0) is 22.3. The van der Waals surface area contributed by atoms with Gasteiger partial charge in [0, 0.05) is 25.7 Å². The molecule has 6 heteroatoms. The van der Waals surface area contributed by atoms with Crippen LogP contribution in [0.5, 0.6) is 0 Å². The highest BCUT2D eigenvalue weighted by Crippen LogP contribution is 2.61. The van der Waals surface area contributed by atoms with Crippen LogP contribution in [-0.2, 0) is 4.79 Å². The zero-order valence-electron chi connectivity index (χ0n) is 19.5. The minimum Gasteiger partial charge on any atom is -0.337 e. The van der Waals surface area contributed by atoms with E-state index in [4.69, 9.17) is 0 Å². The number of anilines is 1. The number of rotatable bonds is 8. The number of pyridine rings is 1. The summed E-state index contributed by atoms with van der Waals surface area (Å²) in [7, 11) is 0. The average Bonchev–Trinajstić information content (AvgIpc) is 3.17. The van der Waals surface area contributed by atoms with Crippen molar-refractivity contribution in [3.8, 4) is 0 Å². The van der Waals surface area contributed by atoms with Gasteiger partial charge in [0.25, 0.3) is 5.91 Å². The van der Waals surface area contributed by atoms with Gasteiger partial charge in [0.1, 0.15) is 17.2 Å². The van der Waals surface area contributed by atoms with Gasteiger partial charge in [-0.1, -0.05) is 19.9 Å². The number of aromatic nitrogens is 2. The Kier molecular flexibility index (Phi) is 5.72. The summed E-state index contributed by atoms with van der Waals surface area (Å²) in [5, 5.41) is 3.15. The molecule has 4 saturated carbocycles. The Hall–Kier alpha value is -2.37. The molecule has 6 nitrogen and oxygen atoms in total. The first-order valence-electron chi connectivity index (χ1n) is 12.6. The third kappa shape index (κ3) is 4.04. The Morgan fingerprint density at radius 1 is 1.06 bits per heavy atom. The van der Waals surface area contributed by atoms with Crippen LogP contribution < -0.4 is 5.32 Å². The first kappa shape index (κ1) is 21.5. The number of nitrogens with one attached hydrogen (secondary N) is 1. The van der Waals surface area contributed by atoms with Crippen molar-refractivity contribution in [3.05, 3.63) is 30.1 Å². The second kappa shape index (κ2) is 8.53. The number of fused-ring (bicyclic) bond motifs is 1. The molecule has 2 aromatic heterocycles. The smallest absolute Gasteiger partial charge is 0.274 e. The summed E-state index contributed by atoms with van der Waals surface area (Å²) < 4.78 is 1.85. The molecular formula is C26H36N4O2. The molecule has 0 aromatic carbocycles. The van der Waals surface area contributed by atoms with E-state index in [9.17, 15) is 9.59 Å². The molecule has 2 heterocycles. The number of carbonyl (C=O) groups excluding carboxylic acids is 2. The highest BCUT2D eigenvalue weighted by Gasteiger charge is 2.51. The van der Waals surface area contributed by atoms with Crippen molar-refractivity contribution in [3.63, 3.8) is 0 Å². The fraction of sp³-hybridized carbons (Fsp3) is 0.654. The van der Waals surface area contributed by atoms with Gasteiger partial charge in [0.2, 0.25) is 5.91 Å². The van der Waals surface area contributed by atoms with Crippen LogP contribution in [0.25, 0.3) is 5.65 Å². The summed E-state index contributed by atoms with van der Waals surface area (Å²) in [6.07, 6.45) is 12.1. The van der Waals surface area contributed by atoms with Crippen LogP contribution in [0.15, 0.2) is 24.4 Å². The lowest BCUT2D eigenvalue weighted by Gasteiger charge is -2.56. The number of hydrogen-bond donors (Lipinski definition) is 1. The molecule has 2 amide bonds. The van der Waals surface area contributed by atoms with Crippen molar-refractivity contribution in [1.82, 2.24) is 14.3 Å². The molecule has 172 valence electrons. The third-order valence-electron chi connectivity index (χ3n) is 7.95. The Balaban J connectivity index is 1.32. The van der Waals surface area contributed by atoms with Crippen LogP contribution in [0.2, 0.25) is 0 Å². The molecule has 4 aliphatic rings. The molecule has 0 aliphatic heterocycles. The lowest BCUT2D eigenvalue weighted by atomic mass is 9.49. The Bertz CT molecular complexity index is 969. The molecule has 4 fully saturated rings. The maximum absolute atomic E-state index is 13.1. The van der Waals surface area contributed by atoms with Crippen LogP contribution in [-0.4, -0.2) is 39.2 Å². The summed E-state index contributed by atoms with van der Waals surface area (Å²) in [6.45, 7) is 5.62. The minimum atomic E-state index is -0.0387. The second-order valence-electron chi connectivity index (χ2n) is 10.7. The first-order valence-corrected chi connectivity index (χ1v) is 12.6. The van der Waals surface area contributed by atoms with Crippen LogP contribution in [0.3, 0.4) is 0 Å². The summed E-state index contributed by atoms with van der Waals surface area (Å²) in [6, 6.07) is 5.68. The average molecular weight is 437 g/mol. The molecule has 0 radical (unpaired) electrons. The molecular weight excluding hydrogens is 400 g/mol. The fourth-order valence-corrected chi connectivity index (χ4v) is 7.27. The summed E-state index contributed by atoms with van der Waals surface area (Å²) in [5.41, 5.74) is 1.34. The maximum Gasteiger partial charge on any atom is 0.274 e. The van der Waals surface area contributed by atoms with Gasteiger partial charge >= 0.3 is 0 Å². The van der Waals surface area contributed by atoms with Crippen molar-refractivity contribution in [2.24, 2.45) is 23.2 Å². The van der Waals surface area contributed by atoms with E-state index in [-0.39, 0.29) is 17.2 Å². The van der Waals surface area contributed by atoms with Gasteiger partial charge < -0.3 is 10.2 Å². The summed E-state index contributed by atoms with van der Waals surface area (Å²) in [4.78, 5) is 32.6. The number of imidazole rings is 1. The largest absolute Gasteiger partial charge is 0.337 e. The van der Waals surface area contributed by atoms with Crippen LogP contribution in [0, 0.1) is 23.2 Å².